The molecule has 0 amide bonds. The molecule has 0 unspecified atom stereocenters. The highest BCUT2D eigenvalue weighted by Crippen LogP contribution is 2.26. The van der Waals surface area contributed by atoms with E-state index in [1.54, 1.807) is 0 Å². The standard InChI is InChI=1S/C24H23N3O2/c1-3-27-14-21(22-9-8-15(2)29-22)23(28)20-12-19(13-25-24(20)27)26-18-10-16-6-4-5-7-17(16)11-18/h4-9,12-14,18,26H,3,10-11H2,1-2H3. The number of pyridine rings is 2. The maximum Gasteiger partial charge on any atom is 0.202 e. The zero-order chi connectivity index (χ0) is 20.0. The third kappa shape index (κ3) is 3.12. The third-order valence-corrected chi connectivity index (χ3v) is 5.68. The van der Waals surface area contributed by atoms with Gasteiger partial charge in [0, 0.05) is 18.8 Å². The molecule has 1 aliphatic carbocycles. The third-order valence-electron chi connectivity index (χ3n) is 5.68. The number of nitrogens with one attached hydrogen (secondary N) is 1. The van der Waals surface area contributed by atoms with E-state index in [0.29, 0.717) is 28.4 Å². The van der Waals surface area contributed by atoms with Crippen molar-refractivity contribution >= 4 is 16.7 Å². The van der Waals surface area contributed by atoms with Gasteiger partial charge >= 0.3 is 0 Å². The highest BCUT2D eigenvalue weighted by atomic mass is 16.3. The Morgan fingerprint density at radius 3 is 2.59 bits per heavy atom. The Hall–Kier alpha value is -3.34. The van der Waals surface area contributed by atoms with Gasteiger partial charge in [0.25, 0.3) is 0 Å². The molecule has 5 nitrogen and oxygen atoms in total. The van der Waals surface area contributed by atoms with Gasteiger partial charge in [0.15, 0.2) is 0 Å². The molecule has 0 radical (unpaired) electrons. The summed E-state index contributed by atoms with van der Waals surface area (Å²) in [6.07, 6.45) is 5.64. The van der Waals surface area contributed by atoms with Crippen LogP contribution >= 0.6 is 0 Å². The maximum atomic E-state index is 13.2. The Morgan fingerprint density at radius 1 is 1.17 bits per heavy atom. The molecule has 1 aliphatic rings. The van der Waals surface area contributed by atoms with E-state index in [9.17, 15) is 4.79 Å². The molecule has 0 saturated heterocycles. The maximum absolute atomic E-state index is 13.2. The molecule has 0 atom stereocenters. The Kier molecular flexibility index (Phi) is 4.23. The van der Waals surface area contributed by atoms with Crippen LogP contribution in [-0.2, 0) is 19.4 Å². The quantitative estimate of drug-likeness (QED) is 0.559. The molecule has 1 aromatic carbocycles. The van der Waals surface area contributed by atoms with Gasteiger partial charge in [-0.25, -0.2) is 4.98 Å². The minimum absolute atomic E-state index is 0.0510. The lowest BCUT2D eigenvalue weighted by atomic mass is 10.1. The molecule has 29 heavy (non-hydrogen) atoms. The van der Waals surface area contributed by atoms with E-state index in [-0.39, 0.29) is 5.43 Å². The number of furan rings is 1. The molecule has 3 heterocycles. The van der Waals surface area contributed by atoms with Crippen LogP contribution in [0.4, 0.5) is 5.69 Å². The summed E-state index contributed by atoms with van der Waals surface area (Å²) < 4.78 is 7.72. The molecule has 3 aromatic heterocycles. The minimum Gasteiger partial charge on any atom is -0.461 e. The van der Waals surface area contributed by atoms with Crippen molar-refractivity contribution < 1.29 is 4.42 Å². The van der Waals surface area contributed by atoms with Crippen molar-refractivity contribution in [1.29, 1.82) is 0 Å². The van der Waals surface area contributed by atoms with Gasteiger partial charge in [-0.2, -0.15) is 0 Å². The Morgan fingerprint density at radius 2 is 1.93 bits per heavy atom. The predicted octanol–water partition coefficient (Wildman–Crippen LogP) is 4.56. The molecule has 5 rings (SSSR count). The van der Waals surface area contributed by atoms with E-state index >= 15 is 0 Å². The van der Waals surface area contributed by atoms with Crippen LogP contribution < -0.4 is 10.7 Å². The smallest absolute Gasteiger partial charge is 0.202 e. The van der Waals surface area contributed by atoms with E-state index in [1.165, 1.54) is 11.1 Å². The topological polar surface area (TPSA) is 60.1 Å². The van der Waals surface area contributed by atoms with Crippen LogP contribution in [0.15, 0.2) is 64.1 Å². The molecule has 0 bridgehead atoms. The number of hydrogen-bond acceptors (Lipinski definition) is 4. The van der Waals surface area contributed by atoms with Crippen LogP contribution in [0.5, 0.6) is 0 Å². The Labute approximate surface area is 169 Å². The van der Waals surface area contributed by atoms with Gasteiger partial charge in [-0.3, -0.25) is 4.79 Å². The SMILES string of the molecule is CCn1cc(-c2ccc(C)o2)c(=O)c2cc(NC3Cc4ccccc4C3)cnc21. The highest BCUT2D eigenvalue weighted by molar-refractivity contribution is 5.83. The zero-order valence-electron chi connectivity index (χ0n) is 16.6. The highest BCUT2D eigenvalue weighted by Gasteiger charge is 2.21. The van der Waals surface area contributed by atoms with Crippen LogP contribution in [0.25, 0.3) is 22.4 Å². The second-order valence-corrected chi connectivity index (χ2v) is 7.68. The van der Waals surface area contributed by atoms with Crippen molar-refractivity contribution in [2.24, 2.45) is 0 Å². The number of benzene rings is 1. The van der Waals surface area contributed by atoms with Gasteiger partial charge in [-0.1, -0.05) is 24.3 Å². The predicted molar refractivity (Wildman–Crippen MR) is 115 cm³/mol. The summed E-state index contributed by atoms with van der Waals surface area (Å²) in [5, 5.41) is 4.18. The molecule has 0 fully saturated rings. The number of fused-ring (bicyclic) bond motifs is 2. The summed E-state index contributed by atoms with van der Waals surface area (Å²) >= 11 is 0. The minimum atomic E-state index is -0.0510. The molecule has 0 spiro atoms. The molecule has 0 saturated carbocycles. The largest absolute Gasteiger partial charge is 0.461 e. The Bertz CT molecular complexity index is 1240. The van der Waals surface area contributed by atoms with Crippen LogP contribution in [0.3, 0.4) is 0 Å². The molecule has 146 valence electrons. The first-order valence-electron chi connectivity index (χ1n) is 10.1. The van der Waals surface area contributed by atoms with E-state index in [1.807, 2.05) is 49.0 Å². The lowest BCUT2D eigenvalue weighted by Gasteiger charge is -2.15. The monoisotopic (exact) mass is 385 g/mol. The Balaban J connectivity index is 1.54. The summed E-state index contributed by atoms with van der Waals surface area (Å²) in [4.78, 5) is 17.8. The number of aryl methyl sites for hydroxylation is 2. The zero-order valence-corrected chi connectivity index (χ0v) is 16.6. The summed E-state index contributed by atoms with van der Waals surface area (Å²) in [5.41, 5.74) is 4.88. The normalized spacial score (nSPS) is 13.7. The summed E-state index contributed by atoms with van der Waals surface area (Å²) in [6, 6.07) is 14.5. The van der Waals surface area contributed by atoms with Crippen molar-refractivity contribution in [3.63, 3.8) is 0 Å². The van der Waals surface area contributed by atoms with Gasteiger partial charge in [-0.05, 0) is 56.0 Å². The van der Waals surface area contributed by atoms with Crippen LogP contribution in [0.1, 0.15) is 23.8 Å². The number of hydrogen-bond donors (Lipinski definition) is 1. The summed E-state index contributed by atoms with van der Waals surface area (Å²) in [6.45, 7) is 4.65. The average molecular weight is 385 g/mol. The van der Waals surface area contributed by atoms with Gasteiger partial charge in [0.05, 0.1) is 22.8 Å². The number of anilines is 1. The second-order valence-electron chi connectivity index (χ2n) is 7.68. The fourth-order valence-electron chi connectivity index (χ4n) is 4.25. The van der Waals surface area contributed by atoms with Crippen molar-refractivity contribution in [2.45, 2.75) is 39.3 Å². The summed E-state index contributed by atoms with van der Waals surface area (Å²) in [5.74, 6) is 1.39. The first-order valence-corrected chi connectivity index (χ1v) is 10.1. The van der Waals surface area contributed by atoms with Gasteiger partial charge in [0.1, 0.15) is 17.2 Å². The van der Waals surface area contributed by atoms with Crippen LogP contribution in [0, 0.1) is 6.92 Å². The lowest BCUT2D eigenvalue weighted by molar-refractivity contribution is 0.547. The fourth-order valence-corrected chi connectivity index (χ4v) is 4.25. The molecule has 0 aliphatic heterocycles. The molecule has 4 aromatic rings. The number of nitrogens with zero attached hydrogens (tertiary/aromatic N) is 2. The molecule has 1 N–H and O–H groups in total. The lowest BCUT2D eigenvalue weighted by Crippen LogP contribution is -2.20. The van der Waals surface area contributed by atoms with Crippen molar-refractivity contribution in [2.75, 3.05) is 5.32 Å². The first-order chi connectivity index (χ1) is 14.1. The van der Waals surface area contributed by atoms with Gasteiger partial charge in [-0.15, -0.1) is 0 Å². The fraction of sp³-hybridized carbons (Fsp3) is 0.250. The first kappa shape index (κ1) is 17.7. The molecule has 5 heteroatoms. The van der Waals surface area contributed by atoms with Gasteiger partial charge < -0.3 is 14.3 Å². The number of rotatable bonds is 4. The van der Waals surface area contributed by atoms with Crippen LogP contribution in [-0.4, -0.2) is 15.6 Å². The summed E-state index contributed by atoms with van der Waals surface area (Å²) in [7, 11) is 0. The van der Waals surface area contributed by atoms with Crippen molar-refractivity contribution in [3.05, 3.63) is 82.0 Å². The van der Waals surface area contributed by atoms with Gasteiger partial charge in [0.2, 0.25) is 5.43 Å². The van der Waals surface area contributed by atoms with Crippen molar-refractivity contribution in [3.8, 4) is 11.3 Å². The van der Waals surface area contributed by atoms with E-state index in [2.05, 4.69) is 34.6 Å². The van der Waals surface area contributed by atoms with Crippen LogP contribution in [0.2, 0.25) is 0 Å². The van der Waals surface area contributed by atoms with Crippen molar-refractivity contribution in [1.82, 2.24) is 9.55 Å². The molecular weight excluding hydrogens is 362 g/mol. The van der Waals surface area contributed by atoms with E-state index in [4.69, 9.17) is 4.42 Å². The molecular formula is C24H23N3O2. The number of aromatic nitrogens is 2. The second kappa shape index (κ2) is 6.92. The average Bonchev–Trinajstić information content (AvgIpc) is 3.34. The van der Waals surface area contributed by atoms with E-state index < -0.39 is 0 Å². The van der Waals surface area contributed by atoms with E-state index in [0.717, 1.165) is 30.8 Å².